The molecule has 1 aliphatic rings. The first-order valence-electron chi connectivity index (χ1n) is 9.73. The van der Waals surface area contributed by atoms with E-state index in [2.05, 4.69) is 30.5 Å². The third kappa shape index (κ3) is 3.94. The number of aryl methyl sites for hydroxylation is 2. The summed E-state index contributed by atoms with van der Waals surface area (Å²) in [4.78, 5) is 19.7. The lowest BCUT2D eigenvalue weighted by Gasteiger charge is -2.20. The second-order valence-electron chi connectivity index (χ2n) is 7.59. The van der Waals surface area contributed by atoms with Gasteiger partial charge in [0.2, 0.25) is 0 Å². The average Bonchev–Trinajstić information content (AvgIpc) is 3.24. The van der Waals surface area contributed by atoms with Crippen molar-refractivity contribution < 1.29 is 9.53 Å². The number of allylic oxidation sites excluding steroid dienone is 3. The number of rotatable bonds is 6. The normalized spacial score (nSPS) is 14.7. The molecule has 2 aromatic heterocycles. The van der Waals surface area contributed by atoms with Crippen LogP contribution in [0.1, 0.15) is 43.4 Å². The molecule has 0 bridgehead atoms. The van der Waals surface area contributed by atoms with Gasteiger partial charge >= 0.3 is 0 Å². The Labute approximate surface area is 176 Å². The minimum absolute atomic E-state index is 0.111. The van der Waals surface area contributed by atoms with Gasteiger partial charge in [0, 0.05) is 5.56 Å². The molecule has 0 saturated carbocycles. The fraction of sp³-hybridized carbons (Fsp3) is 0.409. The van der Waals surface area contributed by atoms with Crippen molar-refractivity contribution in [1.29, 1.82) is 0 Å². The summed E-state index contributed by atoms with van der Waals surface area (Å²) in [5, 5.41) is 5.26. The quantitative estimate of drug-likeness (QED) is 0.396. The van der Waals surface area contributed by atoms with Gasteiger partial charge < -0.3 is 9.64 Å². The SMILES string of the molecule is C=C/C=C(C(=O)N1Cc2nn3c(C)c(Cl)c(C)nc3c2C1)\C(=C/C)OCC(C)C. The molecule has 0 aromatic carbocycles. The fourth-order valence-corrected chi connectivity index (χ4v) is 3.50. The number of amides is 1. The van der Waals surface area contributed by atoms with E-state index in [0.29, 0.717) is 42.0 Å². The smallest absolute Gasteiger partial charge is 0.258 e. The summed E-state index contributed by atoms with van der Waals surface area (Å²) in [7, 11) is 0. The van der Waals surface area contributed by atoms with Crippen LogP contribution in [0.2, 0.25) is 5.02 Å². The standard InChI is InChI=1S/C22H27ClN4O2/c1-7-9-16(19(8-2)29-12-13(3)4)22(28)26-10-17-18(11-26)25-27-15(6)20(23)14(5)24-21(17)27/h7-9,13H,1,10-12H2,2-6H3/b16-9+,19-8+. The number of ether oxygens (including phenoxy) is 1. The molecule has 6 nitrogen and oxygen atoms in total. The van der Waals surface area contributed by atoms with Crippen LogP contribution >= 0.6 is 11.6 Å². The van der Waals surface area contributed by atoms with Crippen LogP contribution in [0.5, 0.6) is 0 Å². The molecule has 0 fully saturated rings. The molecule has 1 aliphatic heterocycles. The number of carbonyl (C=O) groups excluding carboxylic acids is 1. The first kappa shape index (κ1) is 21.1. The minimum Gasteiger partial charge on any atom is -0.493 e. The minimum atomic E-state index is -0.111. The van der Waals surface area contributed by atoms with Crippen LogP contribution in [0.25, 0.3) is 5.65 Å². The molecule has 0 radical (unpaired) electrons. The highest BCUT2D eigenvalue weighted by atomic mass is 35.5. The van der Waals surface area contributed by atoms with Crippen LogP contribution in [-0.4, -0.2) is 32.0 Å². The topological polar surface area (TPSA) is 59.7 Å². The van der Waals surface area contributed by atoms with E-state index in [4.69, 9.17) is 16.3 Å². The second-order valence-corrected chi connectivity index (χ2v) is 7.97. The van der Waals surface area contributed by atoms with Crippen molar-refractivity contribution in [2.24, 2.45) is 5.92 Å². The molecule has 7 heteroatoms. The van der Waals surface area contributed by atoms with Crippen LogP contribution in [0.15, 0.2) is 36.1 Å². The first-order chi connectivity index (χ1) is 13.8. The van der Waals surface area contributed by atoms with Gasteiger partial charge in [-0.3, -0.25) is 4.79 Å². The van der Waals surface area contributed by atoms with E-state index in [-0.39, 0.29) is 5.91 Å². The van der Waals surface area contributed by atoms with Gasteiger partial charge in [0.1, 0.15) is 5.76 Å². The predicted molar refractivity (Wildman–Crippen MR) is 115 cm³/mol. The Bertz CT molecular complexity index is 1030. The Morgan fingerprint density at radius 2 is 2.07 bits per heavy atom. The van der Waals surface area contributed by atoms with Crippen molar-refractivity contribution in [2.75, 3.05) is 6.61 Å². The van der Waals surface area contributed by atoms with E-state index in [0.717, 1.165) is 28.3 Å². The lowest BCUT2D eigenvalue weighted by molar-refractivity contribution is -0.127. The maximum Gasteiger partial charge on any atom is 0.258 e. The number of carbonyl (C=O) groups is 1. The highest BCUT2D eigenvalue weighted by Gasteiger charge is 2.32. The molecule has 0 saturated heterocycles. The summed E-state index contributed by atoms with van der Waals surface area (Å²) >= 11 is 6.31. The maximum absolute atomic E-state index is 13.3. The molecule has 29 heavy (non-hydrogen) atoms. The van der Waals surface area contributed by atoms with E-state index in [1.54, 1.807) is 21.6 Å². The van der Waals surface area contributed by atoms with Gasteiger partial charge in [0.25, 0.3) is 5.91 Å². The van der Waals surface area contributed by atoms with E-state index in [1.165, 1.54) is 0 Å². The van der Waals surface area contributed by atoms with E-state index in [1.807, 2.05) is 26.8 Å². The molecule has 2 aromatic rings. The predicted octanol–water partition coefficient (Wildman–Crippen LogP) is 4.53. The van der Waals surface area contributed by atoms with Crippen LogP contribution in [0.3, 0.4) is 0 Å². The Kier molecular flexibility index (Phi) is 6.13. The number of fused-ring (bicyclic) bond motifs is 3. The van der Waals surface area contributed by atoms with Crippen molar-refractivity contribution in [3.63, 3.8) is 0 Å². The van der Waals surface area contributed by atoms with Crippen molar-refractivity contribution in [3.8, 4) is 0 Å². The molecule has 0 atom stereocenters. The Hall–Kier alpha value is -2.60. The summed E-state index contributed by atoms with van der Waals surface area (Å²) < 4.78 is 7.64. The zero-order valence-electron chi connectivity index (χ0n) is 17.6. The summed E-state index contributed by atoms with van der Waals surface area (Å²) in [6.45, 7) is 15.0. The second kappa shape index (κ2) is 8.41. The van der Waals surface area contributed by atoms with E-state index >= 15 is 0 Å². The molecule has 0 unspecified atom stereocenters. The Morgan fingerprint density at radius 3 is 2.69 bits per heavy atom. The van der Waals surface area contributed by atoms with Gasteiger partial charge in [-0.2, -0.15) is 5.10 Å². The molecule has 3 heterocycles. The highest BCUT2D eigenvalue weighted by molar-refractivity contribution is 6.31. The summed E-state index contributed by atoms with van der Waals surface area (Å²) in [6, 6.07) is 0. The van der Waals surface area contributed by atoms with Crippen molar-refractivity contribution in [2.45, 2.75) is 47.7 Å². The number of halogens is 1. The van der Waals surface area contributed by atoms with Crippen LogP contribution in [0, 0.1) is 19.8 Å². The largest absolute Gasteiger partial charge is 0.493 e. The van der Waals surface area contributed by atoms with Gasteiger partial charge in [0.15, 0.2) is 5.65 Å². The van der Waals surface area contributed by atoms with Gasteiger partial charge in [-0.15, -0.1) is 0 Å². The fourth-order valence-electron chi connectivity index (χ4n) is 3.38. The molecular formula is C22H27ClN4O2. The molecule has 0 N–H and O–H groups in total. The lowest BCUT2D eigenvalue weighted by atomic mass is 10.1. The van der Waals surface area contributed by atoms with Gasteiger partial charge in [-0.05, 0) is 38.8 Å². The molecule has 0 aliphatic carbocycles. The van der Waals surface area contributed by atoms with Crippen molar-refractivity contribution >= 4 is 23.2 Å². The van der Waals surface area contributed by atoms with Crippen LogP contribution in [0.4, 0.5) is 0 Å². The number of hydrogen-bond donors (Lipinski definition) is 0. The average molecular weight is 415 g/mol. The Morgan fingerprint density at radius 1 is 1.34 bits per heavy atom. The number of hydrogen-bond acceptors (Lipinski definition) is 4. The van der Waals surface area contributed by atoms with Gasteiger partial charge in [-0.1, -0.05) is 38.1 Å². The molecule has 154 valence electrons. The lowest BCUT2D eigenvalue weighted by Crippen LogP contribution is -2.28. The van der Waals surface area contributed by atoms with Crippen molar-refractivity contribution in [3.05, 3.63) is 63.8 Å². The van der Waals surface area contributed by atoms with Gasteiger partial charge in [0.05, 0.1) is 47.4 Å². The number of aromatic nitrogens is 3. The summed E-state index contributed by atoms with van der Waals surface area (Å²) in [5.41, 5.74) is 4.67. The third-order valence-electron chi connectivity index (χ3n) is 4.86. The van der Waals surface area contributed by atoms with E-state index in [9.17, 15) is 4.79 Å². The van der Waals surface area contributed by atoms with E-state index < -0.39 is 0 Å². The maximum atomic E-state index is 13.3. The van der Waals surface area contributed by atoms with Crippen LogP contribution < -0.4 is 0 Å². The van der Waals surface area contributed by atoms with Crippen LogP contribution in [-0.2, 0) is 22.6 Å². The zero-order chi connectivity index (χ0) is 21.3. The first-order valence-corrected chi connectivity index (χ1v) is 10.1. The monoisotopic (exact) mass is 414 g/mol. The highest BCUT2D eigenvalue weighted by Crippen LogP contribution is 2.30. The summed E-state index contributed by atoms with van der Waals surface area (Å²) in [6.07, 6.45) is 5.13. The third-order valence-corrected chi connectivity index (χ3v) is 5.40. The van der Waals surface area contributed by atoms with Crippen molar-refractivity contribution in [1.82, 2.24) is 19.5 Å². The molecule has 0 spiro atoms. The zero-order valence-corrected chi connectivity index (χ0v) is 18.4. The summed E-state index contributed by atoms with van der Waals surface area (Å²) in [5.74, 6) is 0.818. The molecule has 1 amide bonds. The molecule has 3 rings (SSSR count). The number of nitrogens with zero attached hydrogens (tertiary/aromatic N) is 4. The Balaban J connectivity index is 1.89. The molecular weight excluding hydrogens is 388 g/mol. The van der Waals surface area contributed by atoms with Gasteiger partial charge in [-0.25, -0.2) is 9.50 Å².